The first-order valence-electron chi connectivity index (χ1n) is 15.6. The molecule has 8 rings (SSSR count). The van der Waals surface area contributed by atoms with Crippen LogP contribution >= 0.6 is 0 Å². The minimum atomic E-state index is -0.0542. The third-order valence-corrected chi connectivity index (χ3v) is 11.3. The Morgan fingerprint density at radius 3 is 2.34 bits per heavy atom. The van der Waals surface area contributed by atoms with E-state index in [1.54, 1.807) is 0 Å². The summed E-state index contributed by atoms with van der Waals surface area (Å²) in [5, 5.41) is 4.13. The Kier molecular flexibility index (Phi) is 5.33. The van der Waals surface area contributed by atoms with Crippen LogP contribution < -0.4 is 4.57 Å². The monoisotopic (exact) mass is 535 g/mol. The van der Waals surface area contributed by atoms with Gasteiger partial charge in [0.2, 0.25) is 0 Å². The molecule has 2 heteroatoms. The van der Waals surface area contributed by atoms with Gasteiger partial charge in [0.15, 0.2) is 5.69 Å². The normalized spacial score (nSPS) is 23.5. The van der Waals surface area contributed by atoms with Gasteiger partial charge in [-0.3, -0.25) is 0 Å². The van der Waals surface area contributed by atoms with E-state index in [1.807, 2.05) is 0 Å². The van der Waals surface area contributed by atoms with E-state index in [1.165, 1.54) is 80.1 Å². The minimum absolute atomic E-state index is 0.0162. The molecule has 0 bridgehead atoms. The highest BCUT2D eigenvalue weighted by Crippen LogP contribution is 2.51. The largest absolute Gasteiger partial charge is 0.296 e. The van der Waals surface area contributed by atoms with Crippen LogP contribution in [0.2, 0.25) is 0 Å². The van der Waals surface area contributed by atoms with E-state index in [4.69, 9.17) is 0 Å². The molecular weight excluding hydrogens is 496 g/mol. The number of aromatic nitrogens is 2. The lowest BCUT2D eigenvalue weighted by molar-refractivity contribution is -0.750. The van der Waals surface area contributed by atoms with Crippen molar-refractivity contribution in [2.45, 2.75) is 76.7 Å². The van der Waals surface area contributed by atoms with Crippen LogP contribution in [0.15, 0.2) is 97.2 Å². The van der Waals surface area contributed by atoms with Crippen molar-refractivity contribution in [1.82, 2.24) is 4.40 Å². The molecule has 1 aliphatic carbocycles. The van der Waals surface area contributed by atoms with Gasteiger partial charge in [-0.25, -0.2) is 4.57 Å². The Bertz CT molecular complexity index is 1990. The summed E-state index contributed by atoms with van der Waals surface area (Å²) in [4.78, 5) is 0. The van der Waals surface area contributed by atoms with Gasteiger partial charge in [-0.2, -0.15) is 4.40 Å². The number of pyridine rings is 1. The molecule has 0 N–H and O–H groups in total. The van der Waals surface area contributed by atoms with Gasteiger partial charge in [0.25, 0.3) is 5.65 Å². The molecule has 6 aromatic rings. The first-order valence-corrected chi connectivity index (χ1v) is 15.6. The van der Waals surface area contributed by atoms with Gasteiger partial charge in [0, 0.05) is 27.7 Å². The van der Waals surface area contributed by atoms with E-state index in [9.17, 15) is 0 Å². The van der Waals surface area contributed by atoms with Crippen molar-refractivity contribution in [1.29, 1.82) is 0 Å². The van der Waals surface area contributed by atoms with E-state index in [2.05, 4.69) is 134 Å². The van der Waals surface area contributed by atoms with Crippen molar-refractivity contribution in [3.63, 3.8) is 0 Å². The van der Waals surface area contributed by atoms with Gasteiger partial charge >= 0.3 is 0 Å². The van der Waals surface area contributed by atoms with Gasteiger partial charge in [-0.1, -0.05) is 106 Å². The number of para-hydroxylation sites is 1. The van der Waals surface area contributed by atoms with Crippen molar-refractivity contribution in [3.8, 4) is 11.3 Å². The molecule has 2 aliphatic rings. The number of rotatable bonds is 4. The Balaban J connectivity index is 1.53. The number of aryl methyl sites for hydroxylation is 1. The van der Waals surface area contributed by atoms with Crippen molar-refractivity contribution < 1.29 is 4.57 Å². The van der Waals surface area contributed by atoms with Crippen LogP contribution in [0.1, 0.15) is 81.5 Å². The summed E-state index contributed by atoms with van der Waals surface area (Å²) in [6.07, 6.45) is 8.31. The van der Waals surface area contributed by atoms with Crippen molar-refractivity contribution in [2.24, 2.45) is 0 Å². The zero-order valence-electron chi connectivity index (χ0n) is 24.7. The zero-order chi connectivity index (χ0) is 27.9. The lowest BCUT2D eigenvalue weighted by Crippen LogP contribution is -2.65. The van der Waals surface area contributed by atoms with Gasteiger partial charge in [0.05, 0.1) is 5.39 Å². The number of hydrogen-bond acceptors (Lipinski definition) is 0. The zero-order valence-corrected chi connectivity index (χ0v) is 24.7. The molecule has 0 spiro atoms. The van der Waals surface area contributed by atoms with Gasteiger partial charge in [-0.15, -0.1) is 0 Å². The van der Waals surface area contributed by atoms with E-state index < -0.39 is 0 Å². The number of benzene rings is 4. The van der Waals surface area contributed by atoms with Crippen LogP contribution in [-0.2, 0) is 17.4 Å². The summed E-state index contributed by atoms with van der Waals surface area (Å²) >= 11 is 0. The molecule has 204 valence electrons. The molecule has 3 atom stereocenters. The molecule has 4 aromatic carbocycles. The maximum absolute atomic E-state index is 2.68. The van der Waals surface area contributed by atoms with Crippen LogP contribution in [0.3, 0.4) is 0 Å². The van der Waals surface area contributed by atoms with E-state index in [-0.39, 0.29) is 11.0 Å². The molecule has 0 saturated heterocycles. The predicted octanol–water partition coefficient (Wildman–Crippen LogP) is 9.47. The third kappa shape index (κ3) is 3.11. The van der Waals surface area contributed by atoms with Crippen LogP contribution in [0.5, 0.6) is 0 Å². The molecule has 0 fully saturated rings. The number of nitrogens with zero attached hydrogens (tertiary/aromatic N) is 2. The second-order valence-corrected chi connectivity index (χ2v) is 12.8. The molecular formula is C39H39N2+. The quantitative estimate of drug-likeness (QED) is 0.157. The topological polar surface area (TPSA) is 8.29 Å². The summed E-state index contributed by atoms with van der Waals surface area (Å²) in [6, 6.07) is 34.5. The third-order valence-electron chi connectivity index (χ3n) is 11.3. The summed E-state index contributed by atoms with van der Waals surface area (Å²) in [5.74, 6) is 0.418. The molecule has 0 saturated carbocycles. The summed E-state index contributed by atoms with van der Waals surface area (Å²) < 4.78 is 5.29. The molecule has 2 aromatic heterocycles. The Morgan fingerprint density at radius 1 is 0.780 bits per heavy atom. The maximum atomic E-state index is 2.68. The lowest BCUT2D eigenvalue weighted by atomic mass is 9.62. The second-order valence-electron chi connectivity index (χ2n) is 12.8. The molecule has 1 aliphatic heterocycles. The Labute approximate surface area is 243 Å². The van der Waals surface area contributed by atoms with Crippen molar-refractivity contribution in [3.05, 3.63) is 119 Å². The summed E-state index contributed by atoms with van der Waals surface area (Å²) in [6.45, 7) is 9.76. The first-order chi connectivity index (χ1) is 20.0. The number of fused-ring (bicyclic) bond motifs is 4. The standard InChI is InChI=1S/C39H39N2/c1-5-38(3)33-23-14-22-32-31-20-11-12-24-34(31)41-35(25-40(37(41)36(32)33)39(38,4)6-2)30-19-10-9-18-29(30)28-21-13-16-26-15-7-8-17-27(26)28/h7-12,14-15,17-20,22-25,28H,5-6,13,16,21H2,1-4H3/q+1. The highest BCUT2D eigenvalue weighted by atomic mass is 15.2. The highest BCUT2D eigenvalue weighted by Gasteiger charge is 2.54. The summed E-state index contributed by atoms with van der Waals surface area (Å²) in [5.41, 5.74) is 11.3. The average Bonchev–Trinajstić information content (AvgIpc) is 3.45. The van der Waals surface area contributed by atoms with Crippen LogP contribution in [-0.4, -0.2) is 4.40 Å². The smallest absolute Gasteiger partial charge is 0.223 e. The predicted molar refractivity (Wildman–Crippen MR) is 171 cm³/mol. The maximum Gasteiger partial charge on any atom is 0.296 e. The number of hydrogen-bond donors (Lipinski definition) is 0. The fraction of sp³-hybridized carbons (Fsp3) is 0.308. The fourth-order valence-corrected chi connectivity index (χ4v) is 8.68. The lowest BCUT2D eigenvalue weighted by Gasteiger charge is -2.46. The SMILES string of the molecule is CCC1(C)c2cccc3c4ccccc4n4c(-c5ccccc5C5CCCc6ccccc65)c[n+](c4c23)C1(C)CC. The average molecular weight is 536 g/mol. The van der Waals surface area contributed by atoms with Crippen LogP contribution in [0.25, 0.3) is 38.6 Å². The molecule has 0 amide bonds. The van der Waals surface area contributed by atoms with Crippen molar-refractivity contribution >= 4 is 27.3 Å². The van der Waals surface area contributed by atoms with Gasteiger partial charge < -0.3 is 0 Å². The number of imidazole rings is 1. The Morgan fingerprint density at radius 2 is 1.51 bits per heavy atom. The van der Waals surface area contributed by atoms with E-state index >= 15 is 0 Å². The molecule has 0 radical (unpaired) electrons. The minimum Gasteiger partial charge on any atom is -0.223 e. The van der Waals surface area contributed by atoms with Crippen LogP contribution in [0.4, 0.5) is 0 Å². The molecule has 41 heavy (non-hydrogen) atoms. The van der Waals surface area contributed by atoms with Crippen LogP contribution in [0, 0.1) is 0 Å². The second kappa shape index (κ2) is 8.79. The molecule has 2 nitrogen and oxygen atoms in total. The fourth-order valence-electron chi connectivity index (χ4n) is 8.68. The van der Waals surface area contributed by atoms with Crippen molar-refractivity contribution in [2.75, 3.05) is 0 Å². The Hall–Kier alpha value is -3.91. The van der Waals surface area contributed by atoms with Gasteiger partial charge in [0.1, 0.15) is 17.3 Å². The highest BCUT2D eigenvalue weighted by molar-refractivity contribution is 6.13. The van der Waals surface area contributed by atoms with E-state index in [0.717, 1.165) is 12.8 Å². The van der Waals surface area contributed by atoms with Gasteiger partial charge in [-0.05, 0) is 67.3 Å². The molecule has 3 unspecified atom stereocenters. The van der Waals surface area contributed by atoms with E-state index in [0.29, 0.717) is 5.92 Å². The molecule has 3 heterocycles. The first kappa shape index (κ1) is 24.9. The summed E-state index contributed by atoms with van der Waals surface area (Å²) in [7, 11) is 0.